The third-order valence-electron chi connectivity index (χ3n) is 9.98. The predicted octanol–water partition coefficient (Wildman–Crippen LogP) is 7.88. The molecule has 3 N–H and O–H groups in total. The Morgan fingerprint density at radius 1 is 0.472 bits per heavy atom. The zero-order valence-corrected chi connectivity index (χ0v) is 42.6. The van der Waals surface area contributed by atoms with Gasteiger partial charge in [-0.3, -0.25) is 0 Å². The first-order valence-corrected chi connectivity index (χ1v) is 32.7. The minimum atomic E-state index is -2.70. The number of hydrogen-bond donors (Lipinski definition) is 3. The Morgan fingerprint density at radius 3 is 0.887 bits per heavy atom. The number of benzene rings is 3. The second-order valence-corrected chi connectivity index (χ2v) is 39.1. The van der Waals surface area contributed by atoms with Crippen LogP contribution in [0.25, 0.3) is 0 Å². The molecule has 0 fully saturated rings. The van der Waals surface area contributed by atoms with Gasteiger partial charge in [-0.05, 0) is 41.5 Å². The Balaban J connectivity index is 0.00000102. The van der Waals surface area contributed by atoms with Gasteiger partial charge in [0.1, 0.15) is 0 Å². The summed E-state index contributed by atoms with van der Waals surface area (Å²) < 4.78 is 1.56. The van der Waals surface area contributed by atoms with E-state index < -0.39 is 32.3 Å². The van der Waals surface area contributed by atoms with Gasteiger partial charge in [-0.15, -0.1) is 0 Å². The van der Waals surface area contributed by atoms with Crippen LogP contribution < -0.4 is 31.1 Å². The molecular formula is C45H75O3Si4Ti. The van der Waals surface area contributed by atoms with E-state index in [0.717, 1.165) is 0 Å². The summed E-state index contributed by atoms with van der Waals surface area (Å²) >= 11 is 2.45. The van der Waals surface area contributed by atoms with Crippen molar-refractivity contribution >= 4 is 63.4 Å². The van der Waals surface area contributed by atoms with Crippen LogP contribution >= 0.6 is 0 Å². The molecule has 3 nitrogen and oxygen atoms in total. The Bertz CT molecular complexity index is 1520. The van der Waals surface area contributed by atoms with Gasteiger partial charge in [0.15, 0.2) is 0 Å². The van der Waals surface area contributed by atoms with Crippen molar-refractivity contribution < 1.29 is 35.8 Å². The van der Waals surface area contributed by atoms with E-state index in [0.29, 0.717) is 0 Å². The molecule has 8 heteroatoms. The van der Waals surface area contributed by atoms with Crippen LogP contribution in [0.2, 0.25) is 64.0 Å². The van der Waals surface area contributed by atoms with Crippen molar-refractivity contribution in [1.82, 2.24) is 0 Å². The second-order valence-electron chi connectivity index (χ2n) is 18.9. The molecule has 0 saturated carbocycles. The average Bonchev–Trinajstić information content (AvgIpc) is 3.15. The van der Waals surface area contributed by atoms with Crippen LogP contribution in [0.1, 0.15) is 69.2 Å². The SMILES string of the molecule is CC(C)O.CC(C)O.CC(C)O.CC1=C(C)C(C)([Si](c2cccc([Si](C)(C)C)c2)(c2cccc([Si](C)(C)C)c2)c2cccc([Si](C)(C)C)c2)[C]([Ti])=C1C. The van der Waals surface area contributed by atoms with E-state index in [4.69, 9.17) is 15.3 Å². The van der Waals surface area contributed by atoms with Gasteiger partial charge >= 0.3 is 269 Å². The van der Waals surface area contributed by atoms with Crippen molar-refractivity contribution in [3.63, 3.8) is 0 Å². The molecule has 0 radical (unpaired) electrons. The van der Waals surface area contributed by atoms with Crippen LogP contribution in [0.15, 0.2) is 93.4 Å². The van der Waals surface area contributed by atoms with Crippen molar-refractivity contribution in [2.75, 3.05) is 0 Å². The van der Waals surface area contributed by atoms with Gasteiger partial charge in [0.05, 0.1) is 0 Å². The topological polar surface area (TPSA) is 60.7 Å². The van der Waals surface area contributed by atoms with E-state index in [-0.39, 0.29) is 23.4 Å². The molecule has 0 heterocycles. The summed E-state index contributed by atoms with van der Waals surface area (Å²) in [5.74, 6) is 0. The predicted molar refractivity (Wildman–Crippen MR) is 244 cm³/mol. The summed E-state index contributed by atoms with van der Waals surface area (Å²) in [6.45, 7) is 42.6. The first-order valence-electron chi connectivity index (χ1n) is 19.5. The monoisotopic (exact) mass is 823 g/mol. The normalized spacial score (nSPS) is 16.6. The molecule has 0 aliphatic heterocycles. The van der Waals surface area contributed by atoms with Crippen molar-refractivity contribution in [2.45, 2.75) is 152 Å². The van der Waals surface area contributed by atoms with Gasteiger partial charge in [-0.1, -0.05) is 0 Å². The summed E-state index contributed by atoms with van der Waals surface area (Å²) in [7, 11) is -7.32. The van der Waals surface area contributed by atoms with Crippen molar-refractivity contribution in [3.8, 4) is 0 Å². The summed E-state index contributed by atoms with van der Waals surface area (Å²) in [6, 6.07) is 29.9. The maximum absolute atomic E-state index is 8.06. The zero-order valence-electron chi connectivity index (χ0n) is 37.0. The van der Waals surface area contributed by atoms with Crippen molar-refractivity contribution in [2.24, 2.45) is 0 Å². The molecule has 1 aliphatic carbocycles. The third-order valence-corrected chi connectivity index (χ3v) is 23.5. The fourth-order valence-corrected chi connectivity index (χ4v) is 18.5. The summed E-state index contributed by atoms with van der Waals surface area (Å²) in [4.78, 5) is 0. The van der Waals surface area contributed by atoms with Gasteiger partial charge in [0, 0.05) is 18.3 Å². The first-order chi connectivity index (χ1) is 24.0. The molecular weight excluding hydrogens is 749 g/mol. The molecule has 293 valence electrons. The molecule has 0 amide bonds. The second kappa shape index (κ2) is 19.6. The molecule has 3 aromatic carbocycles. The summed E-state index contributed by atoms with van der Waals surface area (Å²) in [5.41, 5.74) is 4.55. The standard InChI is InChI=1S/C36H51Si4.3C3H8O.Ti/c1-27-26-36(4,29(3)28(27)2)40(33-20-14-17-30(23-33)37(5,6)7,34-21-15-18-31(24-34)38(8,9)10)35-22-16-19-32(25-35)39(11,12)13;3*1-3(2)4;/h14-25H,1-13H3;3*3-4H,1-2H3;. The van der Waals surface area contributed by atoms with Crippen LogP contribution in [0.3, 0.4) is 0 Å². The molecule has 0 bridgehead atoms. The van der Waals surface area contributed by atoms with Gasteiger partial charge in [-0.25, -0.2) is 0 Å². The molecule has 1 unspecified atom stereocenters. The Labute approximate surface area is 341 Å². The molecule has 3 aromatic rings. The van der Waals surface area contributed by atoms with E-state index in [1.54, 1.807) is 82.1 Å². The summed E-state index contributed by atoms with van der Waals surface area (Å²) in [5, 5.41) is 33.5. The van der Waals surface area contributed by atoms with E-state index in [2.05, 4.69) is 180 Å². The number of hydrogen-bond acceptors (Lipinski definition) is 3. The molecule has 0 aromatic heterocycles. The van der Waals surface area contributed by atoms with E-state index in [9.17, 15) is 0 Å². The van der Waals surface area contributed by atoms with Crippen LogP contribution in [-0.2, 0) is 20.4 Å². The first kappa shape index (κ1) is 49.6. The van der Waals surface area contributed by atoms with Crippen LogP contribution in [0.4, 0.5) is 0 Å². The van der Waals surface area contributed by atoms with Gasteiger partial charge < -0.3 is 15.3 Å². The number of aliphatic hydroxyl groups excluding tert-OH is 3. The molecule has 1 atom stereocenters. The number of allylic oxidation sites excluding steroid dienone is 4. The zero-order chi connectivity index (χ0) is 41.5. The van der Waals surface area contributed by atoms with E-state index >= 15 is 0 Å². The van der Waals surface area contributed by atoms with Crippen molar-refractivity contribution in [1.29, 1.82) is 0 Å². The van der Waals surface area contributed by atoms with Crippen LogP contribution in [0.5, 0.6) is 0 Å². The molecule has 4 rings (SSSR count). The van der Waals surface area contributed by atoms with E-state index in [1.807, 2.05) is 0 Å². The van der Waals surface area contributed by atoms with Crippen LogP contribution in [0, 0.1) is 0 Å². The fraction of sp³-hybridized carbons (Fsp3) is 0.511. The van der Waals surface area contributed by atoms with Crippen LogP contribution in [-0.4, -0.2) is 65.9 Å². The van der Waals surface area contributed by atoms with Gasteiger partial charge in [0.25, 0.3) is 0 Å². The van der Waals surface area contributed by atoms with Crippen molar-refractivity contribution in [3.05, 3.63) is 93.4 Å². The Hall–Kier alpha value is -1.40. The quantitative estimate of drug-likeness (QED) is 0.168. The fourth-order valence-electron chi connectivity index (χ4n) is 6.90. The number of aliphatic hydroxyl groups is 3. The van der Waals surface area contributed by atoms with Gasteiger partial charge in [-0.2, -0.15) is 0 Å². The average molecular weight is 824 g/mol. The third kappa shape index (κ3) is 12.5. The minimum absolute atomic E-state index is 0.0741. The molecule has 53 heavy (non-hydrogen) atoms. The Morgan fingerprint density at radius 2 is 0.698 bits per heavy atom. The number of rotatable bonds is 7. The van der Waals surface area contributed by atoms with E-state index in [1.165, 1.54) is 11.1 Å². The molecule has 0 saturated heterocycles. The Kier molecular flexibility index (Phi) is 18.4. The molecule has 0 spiro atoms. The summed E-state index contributed by atoms with van der Waals surface area (Å²) in [6.07, 6.45) is -0.500. The maximum atomic E-state index is 8.06. The molecule has 1 aliphatic rings. The van der Waals surface area contributed by atoms with Gasteiger partial charge in [0.2, 0.25) is 0 Å².